The van der Waals surface area contributed by atoms with Gasteiger partial charge in [0, 0.05) is 13.0 Å². The third kappa shape index (κ3) is 8.88. The number of nitrogens with zero attached hydrogens (tertiary/aromatic N) is 2. The Morgan fingerprint density at radius 1 is 1.13 bits per heavy atom. The van der Waals surface area contributed by atoms with Gasteiger partial charge in [-0.05, 0) is 114 Å². The predicted molar refractivity (Wildman–Crippen MR) is 173 cm³/mol. The van der Waals surface area contributed by atoms with Crippen LogP contribution in [0.1, 0.15) is 98.8 Å². The van der Waals surface area contributed by atoms with E-state index in [4.69, 9.17) is 14.7 Å². The van der Waals surface area contributed by atoms with Crippen LogP contribution in [0.3, 0.4) is 0 Å². The van der Waals surface area contributed by atoms with Crippen LogP contribution < -0.4 is 21.4 Å². The summed E-state index contributed by atoms with van der Waals surface area (Å²) in [6, 6.07) is -0.791. The summed E-state index contributed by atoms with van der Waals surface area (Å²) >= 11 is 0. The van der Waals surface area contributed by atoms with Crippen LogP contribution in [0.2, 0.25) is 0 Å². The third-order valence-electron chi connectivity index (χ3n) is 11.0. The van der Waals surface area contributed by atoms with Crippen LogP contribution in [0.15, 0.2) is 0 Å². The van der Waals surface area contributed by atoms with Gasteiger partial charge in [-0.15, -0.1) is 0 Å². The molecule has 13 nitrogen and oxygen atoms in total. The molecular weight excluding hydrogens is 577 g/mol. The number of nitro groups is 1. The van der Waals surface area contributed by atoms with Gasteiger partial charge in [0.1, 0.15) is 6.04 Å². The lowest BCUT2D eigenvalue weighted by molar-refractivity contribution is -0.525. The minimum atomic E-state index is -0.805. The van der Waals surface area contributed by atoms with E-state index in [1.807, 2.05) is 0 Å². The molecule has 2 amide bonds. The number of rotatable bonds is 15. The number of carbonyl (C=O) groups excluding carboxylic acids is 2. The summed E-state index contributed by atoms with van der Waals surface area (Å²) < 4.78 is 13.3. The van der Waals surface area contributed by atoms with Gasteiger partial charge in [0.25, 0.3) is 5.96 Å². The van der Waals surface area contributed by atoms with Crippen molar-refractivity contribution in [2.75, 3.05) is 26.7 Å². The van der Waals surface area contributed by atoms with Gasteiger partial charge < -0.3 is 30.2 Å². The summed E-state index contributed by atoms with van der Waals surface area (Å²) in [6.07, 6.45) is 7.93. The Morgan fingerprint density at radius 3 is 2.49 bits per heavy atom. The largest absolute Gasteiger partial charge is 0.481 e. The number of carbonyl (C=O) groups is 2. The molecule has 254 valence electrons. The van der Waals surface area contributed by atoms with Crippen molar-refractivity contribution in [3.05, 3.63) is 10.1 Å². The molecule has 0 radical (unpaired) electrons. The molecule has 2 heterocycles. The molecule has 2 saturated heterocycles. The number of likely N-dealkylation sites (tertiary alicyclic amines) is 1. The molecule has 5 rings (SSSR count). The molecule has 3 saturated carbocycles. The molecule has 6 atom stereocenters. The molecule has 2 aliphatic heterocycles. The molecule has 5 aliphatic rings. The van der Waals surface area contributed by atoms with E-state index < -0.39 is 29.8 Å². The molecular formula is C31H56BN7O6. The number of guanidine groups is 1. The van der Waals surface area contributed by atoms with Crippen molar-refractivity contribution in [1.29, 1.82) is 5.41 Å². The number of hydrogen-bond acceptors (Lipinski definition) is 8. The predicted octanol–water partition coefficient (Wildman–Crippen LogP) is 2.87. The van der Waals surface area contributed by atoms with E-state index in [9.17, 15) is 19.7 Å². The first-order valence-electron chi connectivity index (χ1n) is 17.0. The first-order chi connectivity index (χ1) is 21.2. The lowest BCUT2D eigenvalue weighted by atomic mass is 9.43. The van der Waals surface area contributed by atoms with Gasteiger partial charge in [-0.2, -0.15) is 0 Å². The molecule has 5 fully saturated rings. The second kappa shape index (κ2) is 15.0. The SMILES string of the molecule is CC(C)C[C@H](NC(=O)[C@H](CCCNC(=N)N[N+](=O)[O-])NC(=O)CCCC1CCN(C)CC1)B1O[C@@H]2C[C@@H]3C[C@@H](C3(C)C)[C@]2(C)O1. The zero-order valence-electron chi connectivity index (χ0n) is 28.2. The highest BCUT2D eigenvalue weighted by Gasteiger charge is 2.68. The van der Waals surface area contributed by atoms with Crippen molar-refractivity contribution in [3.63, 3.8) is 0 Å². The molecule has 0 aromatic carbocycles. The van der Waals surface area contributed by atoms with E-state index >= 15 is 0 Å². The number of piperidine rings is 1. The van der Waals surface area contributed by atoms with Gasteiger partial charge in [0.05, 0.1) is 17.6 Å². The maximum atomic E-state index is 13.8. The molecule has 2 bridgehead atoms. The Balaban J connectivity index is 1.36. The Hall–Kier alpha value is -2.45. The van der Waals surface area contributed by atoms with Gasteiger partial charge in [0.15, 0.2) is 5.03 Å². The van der Waals surface area contributed by atoms with Crippen molar-refractivity contribution >= 4 is 24.9 Å². The van der Waals surface area contributed by atoms with Gasteiger partial charge >= 0.3 is 7.12 Å². The summed E-state index contributed by atoms with van der Waals surface area (Å²) in [5, 5.41) is 26.2. The number of hydrogen-bond donors (Lipinski definition) is 5. The average molecular weight is 634 g/mol. The lowest BCUT2D eigenvalue weighted by Crippen LogP contribution is -2.65. The topological polar surface area (TPSA) is 171 Å². The van der Waals surface area contributed by atoms with Crippen molar-refractivity contribution < 1.29 is 23.9 Å². The molecule has 5 N–H and O–H groups in total. The van der Waals surface area contributed by atoms with Crippen LogP contribution in [0.25, 0.3) is 0 Å². The van der Waals surface area contributed by atoms with E-state index in [2.05, 4.69) is 62.5 Å². The van der Waals surface area contributed by atoms with Crippen LogP contribution in [0, 0.1) is 44.6 Å². The number of hydrazine groups is 1. The first kappa shape index (κ1) is 35.4. The van der Waals surface area contributed by atoms with Crippen LogP contribution >= 0.6 is 0 Å². The normalized spacial score (nSPS) is 28.9. The highest BCUT2D eigenvalue weighted by Crippen LogP contribution is 2.65. The Labute approximate surface area is 268 Å². The first-order valence-corrected chi connectivity index (χ1v) is 17.0. The van der Waals surface area contributed by atoms with E-state index in [0.29, 0.717) is 43.4 Å². The summed E-state index contributed by atoms with van der Waals surface area (Å²) in [6.45, 7) is 13.4. The average Bonchev–Trinajstić information content (AvgIpc) is 3.32. The smallest absolute Gasteiger partial charge is 0.404 e. The van der Waals surface area contributed by atoms with Gasteiger partial charge in [0.2, 0.25) is 11.8 Å². The number of amides is 2. The van der Waals surface area contributed by atoms with Crippen LogP contribution in [-0.2, 0) is 18.9 Å². The quantitative estimate of drug-likeness (QED) is 0.0454. The maximum absolute atomic E-state index is 13.8. The fraction of sp³-hybridized carbons (Fsp3) is 0.903. The van der Waals surface area contributed by atoms with Gasteiger partial charge in [-0.25, -0.2) is 10.1 Å². The van der Waals surface area contributed by atoms with E-state index in [1.54, 1.807) is 5.43 Å². The highest BCUT2D eigenvalue weighted by atomic mass is 16.7. The molecule has 45 heavy (non-hydrogen) atoms. The lowest BCUT2D eigenvalue weighted by Gasteiger charge is -2.64. The molecule has 0 aromatic rings. The molecule has 3 aliphatic carbocycles. The second-order valence-electron chi connectivity index (χ2n) is 15.2. The molecule has 0 aromatic heterocycles. The minimum absolute atomic E-state index is 0.0000650. The molecule has 0 unspecified atom stereocenters. The van der Waals surface area contributed by atoms with Crippen molar-refractivity contribution in [2.45, 2.75) is 123 Å². The van der Waals surface area contributed by atoms with E-state index in [0.717, 1.165) is 51.6 Å². The minimum Gasteiger partial charge on any atom is -0.404 e. The van der Waals surface area contributed by atoms with Crippen LogP contribution in [0.5, 0.6) is 0 Å². The van der Waals surface area contributed by atoms with Gasteiger partial charge in [-0.1, -0.05) is 33.1 Å². The zero-order valence-corrected chi connectivity index (χ0v) is 28.2. The van der Waals surface area contributed by atoms with Crippen LogP contribution in [0.4, 0.5) is 0 Å². The molecule has 0 spiro atoms. The van der Waals surface area contributed by atoms with E-state index in [1.165, 1.54) is 0 Å². The second-order valence-corrected chi connectivity index (χ2v) is 15.2. The van der Waals surface area contributed by atoms with Crippen LogP contribution in [-0.4, -0.2) is 85.2 Å². The summed E-state index contributed by atoms with van der Waals surface area (Å²) in [7, 11) is 1.57. The maximum Gasteiger partial charge on any atom is 0.481 e. The van der Waals surface area contributed by atoms with Gasteiger partial charge in [-0.3, -0.25) is 15.0 Å². The fourth-order valence-electron chi connectivity index (χ4n) is 8.19. The highest BCUT2D eigenvalue weighted by molar-refractivity contribution is 6.48. The summed E-state index contributed by atoms with van der Waals surface area (Å²) in [5.41, 5.74) is 1.58. The molecule has 14 heteroatoms. The van der Waals surface area contributed by atoms with Crippen molar-refractivity contribution in [3.8, 4) is 0 Å². The van der Waals surface area contributed by atoms with E-state index in [-0.39, 0.29) is 41.7 Å². The number of nitrogens with one attached hydrogen (secondary N) is 5. The Bertz CT molecular complexity index is 1070. The monoisotopic (exact) mass is 633 g/mol. The van der Waals surface area contributed by atoms with Crippen molar-refractivity contribution in [2.24, 2.45) is 29.1 Å². The standard InChI is InChI=1S/C31H56BN7O6/c1-20(2)17-26(32-44-25-19-22-18-24(30(22,3)4)31(25,5)45-32)36-28(41)23(10-8-14-34-29(33)37-39(42)43)35-27(40)11-7-9-21-12-15-38(6)16-13-21/h20-26H,7-19H2,1-6H3,(H,35,40)(H,36,41)(H3,33,34,37)/t22-,23-,24-,25+,26-,31-/m0/s1. The van der Waals surface area contributed by atoms with Crippen molar-refractivity contribution in [1.82, 2.24) is 26.3 Å². The third-order valence-corrected chi connectivity index (χ3v) is 11.0. The zero-order chi connectivity index (χ0) is 32.9. The summed E-state index contributed by atoms with van der Waals surface area (Å²) in [5.74, 6) is 0.685. The fourth-order valence-corrected chi connectivity index (χ4v) is 8.19. The Kier molecular flexibility index (Phi) is 11.8. The Morgan fingerprint density at radius 2 is 1.84 bits per heavy atom. The summed E-state index contributed by atoms with van der Waals surface area (Å²) in [4.78, 5) is 39.8.